The van der Waals surface area contributed by atoms with Crippen molar-refractivity contribution in [1.29, 1.82) is 0 Å². The quantitative estimate of drug-likeness (QED) is 0.835. The van der Waals surface area contributed by atoms with Gasteiger partial charge in [0.15, 0.2) is 0 Å². The van der Waals surface area contributed by atoms with Gasteiger partial charge in [-0.3, -0.25) is 0 Å². The molecule has 0 amide bonds. The van der Waals surface area contributed by atoms with Crippen LogP contribution in [0, 0.1) is 0 Å². The fourth-order valence-corrected chi connectivity index (χ4v) is 2.39. The number of nitrogens with zero attached hydrogens (tertiary/aromatic N) is 6. The van der Waals surface area contributed by atoms with E-state index >= 15 is 0 Å². The molecule has 106 valence electrons. The monoisotopic (exact) mass is 274 g/mol. The van der Waals surface area contributed by atoms with Gasteiger partial charge in [-0.25, -0.2) is 9.97 Å². The Kier molecular flexibility index (Phi) is 3.49. The molecule has 0 aromatic carbocycles. The van der Waals surface area contributed by atoms with Crippen molar-refractivity contribution < 1.29 is 4.52 Å². The first kappa shape index (κ1) is 12.8. The number of anilines is 2. The summed E-state index contributed by atoms with van der Waals surface area (Å²) in [5, 5.41) is 3.98. The van der Waals surface area contributed by atoms with Gasteiger partial charge in [-0.05, 0) is 24.1 Å². The van der Waals surface area contributed by atoms with Crippen LogP contribution in [-0.2, 0) is 0 Å². The van der Waals surface area contributed by atoms with Crippen molar-refractivity contribution >= 4 is 11.9 Å². The van der Waals surface area contributed by atoms with Crippen LogP contribution in [-0.4, -0.2) is 47.3 Å². The van der Waals surface area contributed by atoms with E-state index in [0.29, 0.717) is 11.8 Å². The average molecular weight is 274 g/mol. The molecule has 0 spiro atoms. The van der Waals surface area contributed by atoms with Gasteiger partial charge in [0.2, 0.25) is 11.8 Å². The lowest BCUT2D eigenvalue weighted by atomic mass is 9.98. The molecule has 0 saturated carbocycles. The molecule has 0 radical (unpaired) electrons. The minimum Gasteiger partial charge on any atom is -0.344 e. The van der Waals surface area contributed by atoms with Crippen molar-refractivity contribution in [2.24, 2.45) is 0 Å². The average Bonchev–Trinajstić information content (AvgIpc) is 2.98. The SMILES string of the molecule is CN(C)c1noc(C2CCCN(c3ncccn3)C2)n1. The zero-order valence-electron chi connectivity index (χ0n) is 11.7. The van der Waals surface area contributed by atoms with Crippen molar-refractivity contribution in [3.63, 3.8) is 0 Å². The van der Waals surface area contributed by atoms with Gasteiger partial charge in [0, 0.05) is 39.6 Å². The maximum Gasteiger partial charge on any atom is 0.265 e. The Hall–Kier alpha value is -2.18. The van der Waals surface area contributed by atoms with E-state index < -0.39 is 0 Å². The summed E-state index contributed by atoms with van der Waals surface area (Å²) in [4.78, 5) is 17.1. The minimum atomic E-state index is 0.244. The Morgan fingerprint density at radius 1 is 1.30 bits per heavy atom. The molecular weight excluding hydrogens is 256 g/mol. The third kappa shape index (κ3) is 2.56. The van der Waals surface area contributed by atoms with Crippen molar-refractivity contribution in [1.82, 2.24) is 20.1 Å². The molecule has 0 aliphatic carbocycles. The normalized spacial score (nSPS) is 19.1. The van der Waals surface area contributed by atoms with E-state index in [-0.39, 0.29) is 5.92 Å². The molecule has 1 unspecified atom stereocenters. The predicted octanol–water partition coefficient (Wildman–Crippen LogP) is 1.31. The van der Waals surface area contributed by atoms with Gasteiger partial charge in [-0.2, -0.15) is 4.98 Å². The third-order valence-corrected chi connectivity index (χ3v) is 3.44. The third-order valence-electron chi connectivity index (χ3n) is 3.44. The molecule has 3 heterocycles. The molecule has 0 N–H and O–H groups in total. The highest BCUT2D eigenvalue weighted by molar-refractivity contribution is 5.31. The van der Waals surface area contributed by atoms with Gasteiger partial charge in [-0.1, -0.05) is 0 Å². The predicted molar refractivity (Wildman–Crippen MR) is 74.8 cm³/mol. The van der Waals surface area contributed by atoms with Crippen LogP contribution >= 0.6 is 0 Å². The number of rotatable bonds is 3. The first-order valence-electron chi connectivity index (χ1n) is 6.77. The fourth-order valence-electron chi connectivity index (χ4n) is 2.39. The summed E-state index contributed by atoms with van der Waals surface area (Å²) < 4.78 is 5.38. The van der Waals surface area contributed by atoms with Crippen molar-refractivity contribution in [3.8, 4) is 0 Å². The van der Waals surface area contributed by atoms with Crippen LogP contribution in [0.25, 0.3) is 0 Å². The molecule has 1 aliphatic rings. The Bertz CT molecular complexity index is 555. The van der Waals surface area contributed by atoms with E-state index in [4.69, 9.17) is 4.52 Å². The van der Waals surface area contributed by atoms with E-state index in [1.54, 1.807) is 12.4 Å². The van der Waals surface area contributed by atoms with Crippen LogP contribution in [0.1, 0.15) is 24.7 Å². The standard InChI is InChI=1S/C13H18N6O/c1-18(2)13-16-11(20-17-13)10-5-3-8-19(9-10)12-14-6-4-7-15-12/h4,6-7,10H,3,5,8-9H2,1-2H3. The van der Waals surface area contributed by atoms with Crippen LogP contribution in [0.3, 0.4) is 0 Å². The molecule has 3 rings (SSSR count). The van der Waals surface area contributed by atoms with E-state index in [9.17, 15) is 0 Å². The minimum absolute atomic E-state index is 0.244. The summed E-state index contributed by atoms with van der Waals surface area (Å²) in [7, 11) is 3.80. The number of hydrogen-bond donors (Lipinski definition) is 0. The number of hydrogen-bond acceptors (Lipinski definition) is 7. The Morgan fingerprint density at radius 3 is 2.80 bits per heavy atom. The van der Waals surface area contributed by atoms with Gasteiger partial charge in [-0.15, -0.1) is 0 Å². The summed E-state index contributed by atoms with van der Waals surface area (Å²) in [6.45, 7) is 1.79. The van der Waals surface area contributed by atoms with Crippen LogP contribution in [0.2, 0.25) is 0 Å². The maximum absolute atomic E-state index is 5.38. The van der Waals surface area contributed by atoms with E-state index in [1.807, 2.05) is 25.1 Å². The van der Waals surface area contributed by atoms with Crippen molar-refractivity contribution in [2.75, 3.05) is 37.0 Å². The van der Waals surface area contributed by atoms with Gasteiger partial charge in [0.1, 0.15) is 0 Å². The second-order valence-corrected chi connectivity index (χ2v) is 5.16. The molecule has 20 heavy (non-hydrogen) atoms. The first-order chi connectivity index (χ1) is 9.74. The Balaban J connectivity index is 1.74. The Labute approximate surface area is 117 Å². The highest BCUT2D eigenvalue weighted by atomic mass is 16.5. The molecule has 7 heteroatoms. The molecule has 2 aromatic heterocycles. The highest BCUT2D eigenvalue weighted by Gasteiger charge is 2.27. The first-order valence-corrected chi connectivity index (χ1v) is 6.77. The molecule has 1 fully saturated rings. The summed E-state index contributed by atoms with van der Waals surface area (Å²) in [5.74, 6) is 2.33. The molecule has 0 bridgehead atoms. The molecule has 1 aliphatic heterocycles. The lowest BCUT2D eigenvalue weighted by Crippen LogP contribution is -2.35. The van der Waals surface area contributed by atoms with Crippen LogP contribution in [0.15, 0.2) is 23.0 Å². The molecule has 1 saturated heterocycles. The Morgan fingerprint density at radius 2 is 2.10 bits per heavy atom. The van der Waals surface area contributed by atoms with Gasteiger partial charge in [0.05, 0.1) is 5.92 Å². The molecule has 1 atom stereocenters. The fraction of sp³-hybridized carbons (Fsp3) is 0.538. The van der Waals surface area contributed by atoms with Crippen LogP contribution < -0.4 is 9.80 Å². The zero-order valence-corrected chi connectivity index (χ0v) is 11.7. The summed E-state index contributed by atoms with van der Waals surface area (Å²) >= 11 is 0. The van der Waals surface area contributed by atoms with E-state index in [2.05, 4.69) is 25.0 Å². The lowest BCUT2D eigenvalue weighted by Gasteiger charge is -2.30. The van der Waals surface area contributed by atoms with E-state index in [1.165, 1.54) is 0 Å². The second kappa shape index (κ2) is 5.44. The number of piperidine rings is 1. The highest BCUT2D eigenvalue weighted by Crippen LogP contribution is 2.28. The summed E-state index contributed by atoms with van der Waals surface area (Å²) in [5.41, 5.74) is 0. The summed E-state index contributed by atoms with van der Waals surface area (Å²) in [6, 6.07) is 1.83. The molecule has 7 nitrogen and oxygen atoms in total. The summed E-state index contributed by atoms with van der Waals surface area (Å²) in [6.07, 6.45) is 5.66. The largest absolute Gasteiger partial charge is 0.344 e. The second-order valence-electron chi connectivity index (χ2n) is 5.16. The van der Waals surface area contributed by atoms with Gasteiger partial charge >= 0.3 is 0 Å². The zero-order chi connectivity index (χ0) is 13.9. The smallest absolute Gasteiger partial charge is 0.265 e. The lowest BCUT2D eigenvalue weighted by molar-refractivity contribution is 0.332. The van der Waals surface area contributed by atoms with Crippen molar-refractivity contribution in [2.45, 2.75) is 18.8 Å². The molecular formula is C13H18N6O. The van der Waals surface area contributed by atoms with Crippen LogP contribution in [0.5, 0.6) is 0 Å². The van der Waals surface area contributed by atoms with Gasteiger partial charge < -0.3 is 14.3 Å². The number of aromatic nitrogens is 4. The van der Waals surface area contributed by atoms with E-state index in [0.717, 1.165) is 31.9 Å². The molecule has 2 aromatic rings. The van der Waals surface area contributed by atoms with Crippen molar-refractivity contribution in [3.05, 3.63) is 24.4 Å². The maximum atomic E-state index is 5.38. The topological polar surface area (TPSA) is 71.2 Å². The van der Waals surface area contributed by atoms with Crippen LogP contribution in [0.4, 0.5) is 11.9 Å². The van der Waals surface area contributed by atoms with Gasteiger partial charge in [0.25, 0.3) is 5.95 Å².